The second-order valence-corrected chi connectivity index (χ2v) is 10.7. The standard InChI is InChI=1S/C26H34O4/c1-24(2,3)26(23(29)30)21(22(27)28)18-13-15-25(26,16-14-18)20-12-8-7-11-19(20)17-9-5-4-6-10-17/h4-6,9-10,13,15,18-21H,7-8,11-12,14,16H2,1-3H3,(H,27,28)(H,29,30)/p-2/t18-,19+,20+,21+,25+,26+/m0/s1. The van der Waals surface area contributed by atoms with E-state index >= 15 is 0 Å². The van der Waals surface area contributed by atoms with Crippen molar-refractivity contribution >= 4 is 11.9 Å². The highest BCUT2D eigenvalue weighted by Gasteiger charge is 2.69. The van der Waals surface area contributed by atoms with E-state index in [1.807, 2.05) is 45.0 Å². The third-order valence-corrected chi connectivity index (χ3v) is 8.58. The first kappa shape index (κ1) is 21.1. The third-order valence-electron chi connectivity index (χ3n) is 8.58. The molecular formula is C26H32O4-2. The van der Waals surface area contributed by atoms with Crippen molar-refractivity contribution in [2.24, 2.45) is 34.0 Å². The molecule has 4 aliphatic carbocycles. The summed E-state index contributed by atoms with van der Waals surface area (Å²) in [4.78, 5) is 25.5. The van der Waals surface area contributed by atoms with Gasteiger partial charge >= 0.3 is 0 Å². The summed E-state index contributed by atoms with van der Waals surface area (Å²) in [6.45, 7) is 5.61. The van der Waals surface area contributed by atoms with Gasteiger partial charge < -0.3 is 19.8 Å². The fourth-order valence-corrected chi connectivity index (χ4v) is 7.68. The second-order valence-electron chi connectivity index (χ2n) is 10.7. The highest BCUT2D eigenvalue weighted by molar-refractivity contribution is 5.85. The Balaban J connectivity index is 1.96. The van der Waals surface area contributed by atoms with Gasteiger partial charge in [0.05, 0.1) is 0 Å². The number of benzene rings is 1. The number of fused-ring (bicyclic) bond motifs is 2. The lowest BCUT2D eigenvalue weighted by atomic mass is 9.35. The van der Waals surface area contributed by atoms with Crippen molar-refractivity contribution in [1.82, 2.24) is 0 Å². The molecule has 0 amide bonds. The molecule has 0 saturated heterocycles. The second kappa shape index (κ2) is 7.25. The zero-order valence-electron chi connectivity index (χ0n) is 18.2. The van der Waals surface area contributed by atoms with Gasteiger partial charge in [0, 0.05) is 28.7 Å². The topological polar surface area (TPSA) is 80.3 Å². The SMILES string of the molecule is CC(C)(C)[C@]1(C(=O)[O-])[C@@H](C(=O)[O-])[C@H]2C=C[C@]1([C@@H]1CCCC[C@@H]1c1ccccc1)CC2. The largest absolute Gasteiger partial charge is 0.550 e. The Morgan fingerprint density at radius 2 is 1.67 bits per heavy atom. The van der Waals surface area contributed by atoms with Crippen LogP contribution in [-0.4, -0.2) is 11.9 Å². The van der Waals surface area contributed by atoms with E-state index in [1.165, 1.54) is 5.56 Å². The monoisotopic (exact) mass is 408 g/mol. The number of carboxylic acid groups (broad SMARTS) is 2. The van der Waals surface area contributed by atoms with Crippen LogP contribution in [0.5, 0.6) is 0 Å². The van der Waals surface area contributed by atoms with Crippen LogP contribution in [0.3, 0.4) is 0 Å². The van der Waals surface area contributed by atoms with Crippen LogP contribution in [0.4, 0.5) is 0 Å². The van der Waals surface area contributed by atoms with Crippen molar-refractivity contribution in [2.45, 2.75) is 65.2 Å². The minimum absolute atomic E-state index is 0.0603. The highest BCUT2D eigenvalue weighted by Crippen LogP contribution is 2.72. The smallest absolute Gasteiger partial charge is 0.0497 e. The van der Waals surface area contributed by atoms with E-state index in [0.717, 1.165) is 25.7 Å². The molecule has 0 heterocycles. The van der Waals surface area contributed by atoms with Crippen molar-refractivity contribution in [3.8, 4) is 0 Å². The van der Waals surface area contributed by atoms with Gasteiger partial charge in [-0.2, -0.15) is 0 Å². The minimum atomic E-state index is -1.51. The lowest BCUT2D eigenvalue weighted by molar-refractivity contribution is -0.359. The summed E-state index contributed by atoms with van der Waals surface area (Å²) in [6, 6.07) is 10.3. The van der Waals surface area contributed by atoms with Crippen molar-refractivity contribution in [1.29, 1.82) is 0 Å². The molecule has 0 aliphatic heterocycles. The molecule has 4 heteroatoms. The minimum Gasteiger partial charge on any atom is -0.550 e. The molecule has 2 bridgehead atoms. The van der Waals surface area contributed by atoms with Gasteiger partial charge in [0.15, 0.2) is 0 Å². The Morgan fingerprint density at radius 3 is 2.20 bits per heavy atom. The average Bonchev–Trinajstić information content (AvgIpc) is 2.73. The van der Waals surface area contributed by atoms with Gasteiger partial charge in [-0.25, -0.2) is 0 Å². The Hall–Kier alpha value is -2.10. The third kappa shape index (κ3) is 2.72. The van der Waals surface area contributed by atoms with Crippen LogP contribution in [0.25, 0.3) is 0 Å². The normalized spacial score (nSPS) is 38.4. The predicted molar refractivity (Wildman–Crippen MR) is 111 cm³/mol. The quantitative estimate of drug-likeness (QED) is 0.717. The zero-order valence-corrected chi connectivity index (χ0v) is 18.2. The van der Waals surface area contributed by atoms with E-state index in [9.17, 15) is 19.8 Å². The summed E-state index contributed by atoms with van der Waals surface area (Å²) in [5.41, 5.74) is -1.84. The molecular weight excluding hydrogens is 376 g/mol. The summed E-state index contributed by atoms with van der Waals surface area (Å²) < 4.78 is 0. The van der Waals surface area contributed by atoms with Crippen molar-refractivity contribution in [3.05, 3.63) is 48.0 Å². The number of carbonyl (C=O) groups is 2. The maximum absolute atomic E-state index is 13.1. The lowest BCUT2D eigenvalue weighted by Gasteiger charge is -2.70. The molecule has 0 aromatic heterocycles. The van der Waals surface area contributed by atoms with Crippen LogP contribution >= 0.6 is 0 Å². The maximum atomic E-state index is 13.1. The van der Waals surface area contributed by atoms with Crippen LogP contribution in [0.15, 0.2) is 42.5 Å². The molecule has 0 unspecified atom stereocenters. The van der Waals surface area contributed by atoms with E-state index in [-0.39, 0.29) is 17.8 Å². The van der Waals surface area contributed by atoms with Gasteiger partial charge in [-0.3, -0.25) is 0 Å². The van der Waals surface area contributed by atoms with Crippen LogP contribution in [0.2, 0.25) is 0 Å². The Bertz CT molecular complexity index is 852. The Morgan fingerprint density at radius 1 is 1.00 bits per heavy atom. The van der Waals surface area contributed by atoms with E-state index in [0.29, 0.717) is 12.8 Å². The molecule has 0 spiro atoms. The zero-order chi connectivity index (χ0) is 21.7. The van der Waals surface area contributed by atoms with Gasteiger partial charge in [-0.1, -0.05) is 76.1 Å². The van der Waals surface area contributed by atoms with E-state index in [1.54, 1.807) is 0 Å². The maximum Gasteiger partial charge on any atom is 0.0497 e. The molecule has 0 radical (unpaired) electrons. The average molecular weight is 409 g/mol. The Kier molecular flexibility index (Phi) is 5.11. The fourth-order valence-electron chi connectivity index (χ4n) is 7.68. The number of allylic oxidation sites excluding steroid dienone is 2. The highest BCUT2D eigenvalue weighted by atomic mass is 16.4. The van der Waals surface area contributed by atoms with Crippen LogP contribution in [-0.2, 0) is 9.59 Å². The molecule has 1 aromatic rings. The molecule has 4 nitrogen and oxygen atoms in total. The lowest BCUT2D eigenvalue weighted by Crippen LogP contribution is -2.72. The molecule has 1 aromatic carbocycles. The van der Waals surface area contributed by atoms with Crippen LogP contribution in [0, 0.1) is 34.0 Å². The molecule has 2 saturated carbocycles. The number of aliphatic carboxylic acids is 2. The first-order valence-corrected chi connectivity index (χ1v) is 11.3. The van der Waals surface area contributed by atoms with Crippen molar-refractivity contribution < 1.29 is 19.8 Å². The Labute approximate surface area is 179 Å². The molecule has 6 atom stereocenters. The van der Waals surface area contributed by atoms with E-state index < -0.39 is 34.1 Å². The van der Waals surface area contributed by atoms with Gasteiger partial charge in [0.25, 0.3) is 0 Å². The number of hydrogen-bond acceptors (Lipinski definition) is 4. The molecule has 4 aliphatic rings. The van der Waals surface area contributed by atoms with Crippen LogP contribution in [0.1, 0.15) is 70.8 Å². The molecule has 30 heavy (non-hydrogen) atoms. The summed E-state index contributed by atoms with van der Waals surface area (Å²) in [5.74, 6) is -3.59. The number of hydrogen-bond donors (Lipinski definition) is 0. The first-order chi connectivity index (χ1) is 14.2. The molecule has 0 N–H and O–H groups in total. The summed E-state index contributed by atoms with van der Waals surface area (Å²) in [6.07, 6.45) is 9.50. The van der Waals surface area contributed by atoms with Gasteiger partial charge in [0.1, 0.15) is 0 Å². The summed E-state index contributed by atoms with van der Waals surface area (Å²) in [5, 5.41) is 25.5. The number of carboxylic acids is 2. The van der Waals surface area contributed by atoms with E-state index in [4.69, 9.17) is 0 Å². The number of carbonyl (C=O) groups excluding carboxylic acids is 2. The summed E-state index contributed by atoms with van der Waals surface area (Å²) in [7, 11) is 0. The van der Waals surface area contributed by atoms with Crippen molar-refractivity contribution in [3.63, 3.8) is 0 Å². The van der Waals surface area contributed by atoms with Crippen molar-refractivity contribution in [2.75, 3.05) is 0 Å². The fraction of sp³-hybridized carbons (Fsp3) is 0.615. The van der Waals surface area contributed by atoms with E-state index in [2.05, 4.69) is 18.2 Å². The molecule has 2 fully saturated rings. The molecule has 5 rings (SSSR count). The summed E-state index contributed by atoms with van der Waals surface area (Å²) >= 11 is 0. The molecule has 162 valence electrons. The predicted octanol–water partition coefficient (Wildman–Crippen LogP) is 3.08. The van der Waals surface area contributed by atoms with Gasteiger partial charge in [-0.05, 0) is 54.4 Å². The first-order valence-electron chi connectivity index (χ1n) is 11.3. The van der Waals surface area contributed by atoms with Gasteiger partial charge in [-0.15, -0.1) is 0 Å². The van der Waals surface area contributed by atoms with Gasteiger partial charge in [0.2, 0.25) is 0 Å². The van der Waals surface area contributed by atoms with Crippen LogP contribution < -0.4 is 10.2 Å². The number of rotatable bonds is 4.